The fourth-order valence-electron chi connectivity index (χ4n) is 4.12. The number of allylic oxidation sites excluding steroid dienone is 2. The predicted molar refractivity (Wildman–Crippen MR) is 81.8 cm³/mol. The van der Waals surface area contributed by atoms with Crippen LogP contribution in [-0.4, -0.2) is 23.8 Å². The van der Waals surface area contributed by atoms with E-state index in [0.29, 0.717) is 11.8 Å². The monoisotopic (exact) mass is 292 g/mol. The van der Waals surface area contributed by atoms with Gasteiger partial charge in [-0.25, -0.2) is 0 Å². The Morgan fingerprint density at radius 1 is 1.43 bits per heavy atom. The number of fused-ring (bicyclic) bond motifs is 3. The van der Waals surface area contributed by atoms with Gasteiger partial charge in [0.1, 0.15) is 12.2 Å². The Morgan fingerprint density at radius 2 is 2.19 bits per heavy atom. The third-order valence-electron chi connectivity index (χ3n) is 5.46. The second-order valence-electron chi connectivity index (χ2n) is 7.78. The summed E-state index contributed by atoms with van der Waals surface area (Å²) in [6.07, 6.45) is 7.62. The Balaban J connectivity index is 1.83. The van der Waals surface area contributed by atoms with E-state index in [1.165, 1.54) is 5.57 Å². The van der Waals surface area contributed by atoms with Gasteiger partial charge in [0.15, 0.2) is 0 Å². The van der Waals surface area contributed by atoms with E-state index < -0.39 is 0 Å². The average Bonchev–Trinajstić information content (AvgIpc) is 2.97. The molecule has 0 aromatic carbocycles. The molecule has 0 bridgehead atoms. The molecule has 0 aromatic rings. The van der Waals surface area contributed by atoms with Gasteiger partial charge in [-0.15, -0.1) is 0 Å². The summed E-state index contributed by atoms with van der Waals surface area (Å²) < 4.78 is 11.8. The van der Waals surface area contributed by atoms with Crippen LogP contribution in [0.15, 0.2) is 11.6 Å². The molecule has 3 aliphatic rings. The van der Waals surface area contributed by atoms with Crippen LogP contribution < -0.4 is 0 Å². The van der Waals surface area contributed by atoms with Crippen molar-refractivity contribution >= 4 is 5.97 Å². The Kier molecular flexibility index (Phi) is 3.89. The third kappa shape index (κ3) is 2.90. The van der Waals surface area contributed by atoms with Gasteiger partial charge in [-0.1, -0.05) is 25.5 Å². The molecule has 0 unspecified atom stereocenters. The fraction of sp³-hybridized carbons (Fsp3) is 0.833. The first-order valence-electron chi connectivity index (χ1n) is 8.44. The van der Waals surface area contributed by atoms with E-state index in [2.05, 4.69) is 33.8 Å². The maximum atomic E-state index is 12.3. The van der Waals surface area contributed by atoms with E-state index >= 15 is 0 Å². The number of ether oxygens (including phenoxy) is 2. The molecule has 3 nitrogen and oxygen atoms in total. The lowest BCUT2D eigenvalue weighted by molar-refractivity contribution is -0.145. The largest absolute Gasteiger partial charge is 0.459 e. The summed E-state index contributed by atoms with van der Waals surface area (Å²) in [5.74, 6) is 0.932. The van der Waals surface area contributed by atoms with Crippen molar-refractivity contribution in [1.82, 2.24) is 0 Å². The molecule has 0 saturated carbocycles. The van der Waals surface area contributed by atoms with E-state index in [1.54, 1.807) is 0 Å². The molecule has 5 atom stereocenters. The van der Waals surface area contributed by atoms with Crippen molar-refractivity contribution < 1.29 is 14.3 Å². The van der Waals surface area contributed by atoms with Gasteiger partial charge < -0.3 is 9.47 Å². The normalized spacial score (nSPS) is 45.4. The highest BCUT2D eigenvalue weighted by atomic mass is 16.6. The molecule has 0 aromatic heterocycles. The first kappa shape index (κ1) is 15.1. The van der Waals surface area contributed by atoms with E-state index in [9.17, 15) is 4.79 Å². The molecule has 0 radical (unpaired) electrons. The Bertz CT molecular complexity index is 453. The minimum atomic E-state index is -0.0793. The van der Waals surface area contributed by atoms with Gasteiger partial charge in [-0.3, -0.25) is 4.79 Å². The Morgan fingerprint density at radius 3 is 2.90 bits per heavy atom. The van der Waals surface area contributed by atoms with Gasteiger partial charge in [-0.05, 0) is 51.9 Å². The number of rotatable bonds is 2. The second kappa shape index (κ2) is 5.42. The lowest BCUT2D eigenvalue weighted by Crippen LogP contribution is -2.30. The molecular formula is C18H28O3. The van der Waals surface area contributed by atoms with Crippen LogP contribution in [0.2, 0.25) is 0 Å². The number of carbonyl (C=O) groups excluding carboxylic acids is 1. The minimum absolute atomic E-state index is 0.0115. The molecule has 0 spiro atoms. The molecule has 1 aliphatic carbocycles. The van der Waals surface area contributed by atoms with E-state index in [1.807, 2.05) is 0 Å². The lowest BCUT2D eigenvalue weighted by atomic mass is 9.78. The zero-order valence-corrected chi connectivity index (χ0v) is 13.7. The number of epoxide rings is 1. The average molecular weight is 292 g/mol. The smallest absolute Gasteiger partial charge is 0.309 e. The highest BCUT2D eigenvalue weighted by molar-refractivity contribution is 5.75. The molecule has 2 fully saturated rings. The highest BCUT2D eigenvalue weighted by Gasteiger charge is 2.62. The summed E-state index contributed by atoms with van der Waals surface area (Å²) >= 11 is 0. The van der Waals surface area contributed by atoms with Crippen LogP contribution in [-0.2, 0) is 14.3 Å². The van der Waals surface area contributed by atoms with E-state index in [4.69, 9.17) is 9.47 Å². The SMILES string of the molecule is C/C1=C\CC[C@@]2(C)O[C@H]2[C@H]2OC(=O)[C@@H](CC(C)C)[C@@H]2CC1. The van der Waals surface area contributed by atoms with Crippen LogP contribution in [0, 0.1) is 17.8 Å². The van der Waals surface area contributed by atoms with E-state index in [-0.39, 0.29) is 29.7 Å². The van der Waals surface area contributed by atoms with E-state index in [0.717, 1.165) is 32.1 Å². The van der Waals surface area contributed by atoms with Gasteiger partial charge in [0, 0.05) is 5.92 Å². The minimum Gasteiger partial charge on any atom is -0.459 e. The molecule has 3 rings (SSSR count). The third-order valence-corrected chi connectivity index (χ3v) is 5.46. The molecular weight excluding hydrogens is 264 g/mol. The summed E-state index contributed by atoms with van der Waals surface area (Å²) in [4.78, 5) is 12.3. The van der Waals surface area contributed by atoms with Crippen LogP contribution in [0.3, 0.4) is 0 Å². The van der Waals surface area contributed by atoms with Gasteiger partial charge in [0.2, 0.25) is 0 Å². The van der Waals surface area contributed by atoms with Crippen molar-refractivity contribution in [2.45, 2.75) is 77.6 Å². The van der Waals surface area contributed by atoms with Crippen molar-refractivity contribution in [2.75, 3.05) is 0 Å². The molecule has 21 heavy (non-hydrogen) atoms. The van der Waals surface area contributed by atoms with Crippen molar-refractivity contribution in [3.05, 3.63) is 11.6 Å². The number of carbonyl (C=O) groups is 1. The number of hydrogen-bond acceptors (Lipinski definition) is 3. The predicted octanol–water partition coefficient (Wildman–Crippen LogP) is 3.87. The summed E-state index contributed by atoms with van der Waals surface area (Å²) in [7, 11) is 0. The molecule has 0 N–H and O–H groups in total. The van der Waals surface area contributed by atoms with Crippen molar-refractivity contribution in [3.63, 3.8) is 0 Å². The summed E-state index contributed by atoms with van der Waals surface area (Å²) in [5, 5.41) is 0. The molecule has 3 heteroatoms. The highest BCUT2D eigenvalue weighted by Crippen LogP contribution is 2.51. The standard InChI is InChI=1S/C18H28O3/c1-11(2)10-14-13-8-7-12(3)6-5-9-18(4)16(21-18)15(13)20-17(14)19/h6,11,13-16H,5,7-10H2,1-4H3/b12-6+/t13-,14-,15-,16-,18+/m0/s1. The zero-order valence-electron chi connectivity index (χ0n) is 13.7. The van der Waals surface area contributed by atoms with Gasteiger partial charge in [-0.2, -0.15) is 0 Å². The fourth-order valence-corrected chi connectivity index (χ4v) is 4.12. The van der Waals surface area contributed by atoms with Crippen molar-refractivity contribution in [1.29, 1.82) is 0 Å². The molecule has 2 saturated heterocycles. The molecule has 118 valence electrons. The molecule has 2 heterocycles. The molecule has 2 aliphatic heterocycles. The Labute approximate surface area is 128 Å². The topological polar surface area (TPSA) is 38.8 Å². The van der Waals surface area contributed by atoms with Crippen LogP contribution in [0.5, 0.6) is 0 Å². The number of esters is 1. The number of hydrogen-bond donors (Lipinski definition) is 0. The second-order valence-corrected chi connectivity index (χ2v) is 7.78. The first-order valence-corrected chi connectivity index (χ1v) is 8.44. The summed E-state index contributed by atoms with van der Waals surface area (Å²) in [5.41, 5.74) is 1.36. The molecule has 0 amide bonds. The quantitative estimate of drug-likeness (QED) is 0.440. The van der Waals surface area contributed by atoms with Crippen LogP contribution in [0.1, 0.15) is 59.8 Å². The summed E-state index contributed by atoms with van der Waals surface area (Å²) in [6, 6.07) is 0. The van der Waals surface area contributed by atoms with Gasteiger partial charge in [0.25, 0.3) is 0 Å². The van der Waals surface area contributed by atoms with Gasteiger partial charge >= 0.3 is 5.97 Å². The lowest BCUT2D eigenvalue weighted by Gasteiger charge is -2.23. The van der Waals surface area contributed by atoms with Crippen LogP contribution in [0.25, 0.3) is 0 Å². The summed E-state index contributed by atoms with van der Waals surface area (Å²) in [6.45, 7) is 8.75. The van der Waals surface area contributed by atoms with Crippen LogP contribution >= 0.6 is 0 Å². The van der Waals surface area contributed by atoms with Crippen LogP contribution in [0.4, 0.5) is 0 Å². The van der Waals surface area contributed by atoms with Gasteiger partial charge in [0.05, 0.1) is 11.5 Å². The maximum Gasteiger partial charge on any atom is 0.309 e. The van der Waals surface area contributed by atoms with Crippen molar-refractivity contribution in [2.24, 2.45) is 17.8 Å². The first-order chi connectivity index (χ1) is 9.90. The maximum absolute atomic E-state index is 12.3. The zero-order chi connectivity index (χ0) is 15.2. The Hall–Kier alpha value is -0.830. The van der Waals surface area contributed by atoms with Crippen molar-refractivity contribution in [3.8, 4) is 0 Å².